The minimum atomic E-state index is 0.656. The van der Waals surface area contributed by atoms with Gasteiger partial charge in [-0.15, -0.1) is 10.2 Å². The van der Waals surface area contributed by atoms with E-state index in [0.717, 1.165) is 39.3 Å². The van der Waals surface area contributed by atoms with Gasteiger partial charge >= 0.3 is 0 Å². The van der Waals surface area contributed by atoms with Gasteiger partial charge in [-0.2, -0.15) is 9.61 Å². The highest BCUT2D eigenvalue weighted by atomic mass is 15.4. The number of pyridine rings is 1. The van der Waals surface area contributed by atoms with Gasteiger partial charge in [0.2, 0.25) is 0 Å². The predicted molar refractivity (Wildman–Crippen MR) is 97.2 cm³/mol. The van der Waals surface area contributed by atoms with E-state index in [4.69, 9.17) is 0 Å². The Hall–Kier alpha value is -3.61. The minimum absolute atomic E-state index is 0.656. The number of hydrogen-bond acceptors (Lipinski definition) is 5. The van der Waals surface area contributed by atoms with Crippen LogP contribution in [0.4, 0.5) is 0 Å². The maximum absolute atomic E-state index is 4.54. The van der Waals surface area contributed by atoms with Crippen LogP contribution in [0, 0.1) is 6.92 Å². The van der Waals surface area contributed by atoms with E-state index in [1.165, 1.54) is 0 Å². The van der Waals surface area contributed by atoms with Crippen LogP contribution in [-0.2, 0) is 6.42 Å². The fourth-order valence-electron chi connectivity index (χ4n) is 3.05. The van der Waals surface area contributed by atoms with Gasteiger partial charge in [0.1, 0.15) is 0 Å². The molecule has 0 radical (unpaired) electrons. The summed E-state index contributed by atoms with van der Waals surface area (Å²) in [6.07, 6.45) is 7.93. The molecule has 5 aromatic rings. The van der Waals surface area contributed by atoms with Gasteiger partial charge in [0.15, 0.2) is 11.5 Å². The average Bonchev–Trinajstić information content (AvgIpc) is 3.32. The van der Waals surface area contributed by atoms with Gasteiger partial charge in [0, 0.05) is 24.2 Å². The summed E-state index contributed by atoms with van der Waals surface area (Å²) in [5.41, 5.74) is 4.77. The summed E-state index contributed by atoms with van der Waals surface area (Å²) >= 11 is 0. The van der Waals surface area contributed by atoms with Crippen molar-refractivity contribution in [2.75, 3.05) is 0 Å². The molecule has 26 heavy (non-hydrogen) atoms. The van der Waals surface area contributed by atoms with Crippen LogP contribution in [0.15, 0.2) is 61.3 Å². The molecule has 0 fully saturated rings. The smallest absolute Gasteiger partial charge is 0.177 e. The molecule has 0 bridgehead atoms. The molecule has 5 rings (SSSR count). The van der Waals surface area contributed by atoms with Gasteiger partial charge in [-0.05, 0) is 42.8 Å². The molecule has 0 N–H and O–H groups in total. The number of benzene rings is 1. The van der Waals surface area contributed by atoms with Crippen molar-refractivity contribution >= 4 is 16.6 Å². The number of hydrogen-bond donors (Lipinski definition) is 0. The van der Waals surface area contributed by atoms with Gasteiger partial charge in [-0.3, -0.25) is 4.98 Å². The van der Waals surface area contributed by atoms with Gasteiger partial charge < -0.3 is 4.57 Å². The lowest BCUT2D eigenvalue weighted by molar-refractivity contribution is 0.821. The van der Waals surface area contributed by atoms with E-state index in [1.807, 2.05) is 42.1 Å². The average molecular weight is 341 g/mol. The fraction of sp³-hybridized carbons (Fsp3) is 0.105. The number of aryl methyl sites for hydroxylation is 1. The first-order valence-electron chi connectivity index (χ1n) is 8.31. The predicted octanol–water partition coefficient (Wildman–Crippen LogP) is 2.76. The number of nitrogens with zero attached hydrogens (tertiary/aromatic N) is 7. The van der Waals surface area contributed by atoms with Crippen molar-refractivity contribution < 1.29 is 0 Å². The van der Waals surface area contributed by atoms with Crippen LogP contribution in [0.25, 0.3) is 22.2 Å². The van der Waals surface area contributed by atoms with Crippen molar-refractivity contribution in [3.63, 3.8) is 0 Å². The number of fused-ring (bicyclic) bond motifs is 2. The van der Waals surface area contributed by atoms with Crippen molar-refractivity contribution in [1.29, 1.82) is 0 Å². The third kappa shape index (κ3) is 2.50. The second-order valence-electron chi connectivity index (χ2n) is 6.23. The second kappa shape index (κ2) is 5.73. The molecular formula is C19H15N7. The number of aromatic nitrogens is 7. The lowest BCUT2D eigenvalue weighted by Gasteiger charge is -2.06. The summed E-state index contributed by atoms with van der Waals surface area (Å²) < 4.78 is 3.75. The molecule has 0 aliphatic rings. The Morgan fingerprint density at radius 1 is 1.04 bits per heavy atom. The topological polar surface area (TPSA) is 73.8 Å². The van der Waals surface area contributed by atoms with Crippen molar-refractivity contribution in [2.45, 2.75) is 13.3 Å². The lowest BCUT2D eigenvalue weighted by Crippen LogP contribution is -2.01. The number of rotatable bonds is 3. The maximum atomic E-state index is 4.54. The summed E-state index contributed by atoms with van der Waals surface area (Å²) in [4.78, 5) is 8.64. The largest absolute Gasteiger partial charge is 0.305 e. The Kier molecular flexibility index (Phi) is 3.24. The highest BCUT2D eigenvalue weighted by Crippen LogP contribution is 2.19. The Labute approximate surface area is 149 Å². The minimum Gasteiger partial charge on any atom is -0.305 e. The van der Waals surface area contributed by atoms with Crippen LogP contribution >= 0.6 is 0 Å². The lowest BCUT2D eigenvalue weighted by atomic mass is 10.1. The standard InChI is InChI=1S/C19H15N7/c1-13-2-5-18-22-23-19(26(18)24-13)9-14-3-4-17-15(8-14)10-16(11-21-17)25-7-6-20-12-25/h2-8,10-12H,9H2,1H3. The molecule has 0 amide bonds. The zero-order chi connectivity index (χ0) is 17.5. The zero-order valence-electron chi connectivity index (χ0n) is 14.1. The van der Waals surface area contributed by atoms with Crippen molar-refractivity contribution in [3.8, 4) is 5.69 Å². The normalized spacial score (nSPS) is 11.4. The first-order valence-corrected chi connectivity index (χ1v) is 8.31. The summed E-state index contributed by atoms with van der Waals surface area (Å²) in [6, 6.07) is 12.2. The maximum Gasteiger partial charge on any atom is 0.177 e. The molecule has 0 aliphatic heterocycles. The Bertz CT molecular complexity index is 1220. The van der Waals surface area contributed by atoms with Gasteiger partial charge in [-0.1, -0.05) is 6.07 Å². The van der Waals surface area contributed by atoms with Gasteiger partial charge in [0.05, 0.1) is 29.4 Å². The van der Waals surface area contributed by atoms with E-state index < -0.39 is 0 Å². The molecule has 0 spiro atoms. The fourth-order valence-corrected chi connectivity index (χ4v) is 3.05. The summed E-state index contributed by atoms with van der Waals surface area (Å²) in [5.74, 6) is 0.821. The second-order valence-corrected chi connectivity index (χ2v) is 6.23. The van der Waals surface area contributed by atoms with E-state index in [0.29, 0.717) is 6.42 Å². The Morgan fingerprint density at radius 3 is 2.88 bits per heavy atom. The third-order valence-electron chi connectivity index (χ3n) is 4.36. The molecule has 126 valence electrons. The van der Waals surface area contributed by atoms with Crippen molar-refractivity contribution in [1.82, 2.24) is 34.3 Å². The van der Waals surface area contributed by atoms with E-state index >= 15 is 0 Å². The molecule has 4 aromatic heterocycles. The van der Waals surface area contributed by atoms with E-state index in [-0.39, 0.29) is 0 Å². The van der Waals surface area contributed by atoms with E-state index in [2.05, 4.69) is 43.5 Å². The van der Waals surface area contributed by atoms with Crippen LogP contribution in [0.1, 0.15) is 17.1 Å². The van der Waals surface area contributed by atoms with Crippen LogP contribution in [0.3, 0.4) is 0 Å². The van der Waals surface area contributed by atoms with Gasteiger partial charge in [0.25, 0.3) is 0 Å². The first-order chi connectivity index (χ1) is 12.8. The first kappa shape index (κ1) is 14.7. The van der Waals surface area contributed by atoms with Crippen LogP contribution in [-0.4, -0.2) is 34.3 Å². The molecule has 0 saturated carbocycles. The molecular weight excluding hydrogens is 326 g/mol. The molecule has 7 nitrogen and oxygen atoms in total. The number of imidazole rings is 1. The molecule has 0 aliphatic carbocycles. The van der Waals surface area contributed by atoms with Crippen molar-refractivity contribution in [3.05, 3.63) is 78.4 Å². The summed E-state index contributed by atoms with van der Waals surface area (Å²) in [7, 11) is 0. The summed E-state index contributed by atoms with van der Waals surface area (Å²) in [6.45, 7) is 1.96. The van der Waals surface area contributed by atoms with Crippen LogP contribution in [0.5, 0.6) is 0 Å². The van der Waals surface area contributed by atoms with Crippen LogP contribution in [0.2, 0.25) is 0 Å². The van der Waals surface area contributed by atoms with Crippen molar-refractivity contribution in [2.24, 2.45) is 0 Å². The molecule has 4 heterocycles. The van der Waals surface area contributed by atoms with E-state index in [9.17, 15) is 0 Å². The molecule has 7 heteroatoms. The van der Waals surface area contributed by atoms with Crippen LogP contribution < -0.4 is 0 Å². The Morgan fingerprint density at radius 2 is 2.00 bits per heavy atom. The SMILES string of the molecule is Cc1ccc2nnc(Cc3ccc4ncc(-n5ccnc5)cc4c3)n2n1. The zero-order valence-corrected chi connectivity index (χ0v) is 14.1. The molecule has 0 unspecified atom stereocenters. The van der Waals surface area contributed by atoms with Gasteiger partial charge in [-0.25, -0.2) is 4.98 Å². The summed E-state index contributed by atoms with van der Waals surface area (Å²) in [5, 5.41) is 14.1. The molecule has 0 atom stereocenters. The third-order valence-corrected chi connectivity index (χ3v) is 4.36. The highest BCUT2D eigenvalue weighted by Gasteiger charge is 2.09. The molecule has 1 aromatic carbocycles. The molecule has 0 saturated heterocycles. The van der Waals surface area contributed by atoms with E-state index in [1.54, 1.807) is 17.0 Å². The monoisotopic (exact) mass is 341 g/mol. The highest BCUT2D eigenvalue weighted by molar-refractivity contribution is 5.81. The Balaban J connectivity index is 1.55. The quantitative estimate of drug-likeness (QED) is 0.504.